The van der Waals surface area contributed by atoms with Gasteiger partial charge < -0.3 is 4.74 Å². The normalized spacial score (nSPS) is 14.5. The van der Waals surface area contributed by atoms with Crippen LogP contribution in [-0.4, -0.2) is 31.7 Å². The summed E-state index contributed by atoms with van der Waals surface area (Å²) in [4.78, 5) is 24.7. The van der Waals surface area contributed by atoms with E-state index in [1.54, 1.807) is 36.4 Å². The molecule has 30 heavy (non-hydrogen) atoms. The van der Waals surface area contributed by atoms with Gasteiger partial charge in [-0.3, -0.25) is 4.79 Å². The SMILES string of the molecule is COC(=O)c1c(F)cc(CN2C(=O)c3ccccc3S2(=O)=O)cc1-c1ccccc1. The molecular formula is C22H16FNO5S. The lowest BCUT2D eigenvalue weighted by Gasteiger charge is -2.17. The molecule has 1 heterocycles. The predicted octanol–water partition coefficient (Wildman–Crippen LogP) is 3.62. The molecule has 3 aromatic rings. The minimum Gasteiger partial charge on any atom is -0.465 e. The summed E-state index contributed by atoms with van der Waals surface area (Å²) in [5, 5.41) is 0. The van der Waals surface area contributed by atoms with Gasteiger partial charge in [0.1, 0.15) is 16.3 Å². The molecule has 152 valence electrons. The number of amides is 1. The third-order valence-electron chi connectivity index (χ3n) is 4.86. The molecule has 4 rings (SSSR count). The van der Waals surface area contributed by atoms with Crippen molar-refractivity contribution in [3.05, 3.63) is 89.2 Å². The molecule has 1 aliphatic rings. The minimum atomic E-state index is -4.05. The smallest absolute Gasteiger partial charge is 0.341 e. The highest BCUT2D eigenvalue weighted by atomic mass is 32.2. The fraction of sp³-hybridized carbons (Fsp3) is 0.0909. The number of rotatable bonds is 4. The van der Waals surface area contributed by atoms with Crippen molar-refractivity contribution in [1.29, 1.82) is 0 Å². The molecule has 0 aromatic heterocycles. The number of carbonyl (C=O) groups is 2. The monoisotopic (exact) mass is 425 g/mol. The maximum absolute atomic E-state index is 14.9. The van der Waals surface area contributed by atoms with E-state index in [2.05, 4.69) is 0 Å². The molecule has 0 unspecified atom stereocenters. The van der Waals surface area contributed by atoms with E-state index >= 15 is 0 Å². The van der Waals surface area contributed by atoms with Crippen LogP contribution in [0.3, 0.4) is 0 Å². The minimum absolute atomic E-state index is 0.0763. The van der Waals surface area contributed by atoms with Gasteiger partial charge in [0.25, 0.3) is 15.9 Å². The third-order valence-corrected chi connectivity index (χ3v) is 6.65. The number of fused-ring (bicyclic) bond motifs is 1. The number of hydrogen-bond acceptors (Lipinski definition) is 5. The van der Waals surface area contributed by atoms with Crippen LogP contribution < -0.4 is 0 Å². The number of esters is 1. The van der Waals surface area contributed by atoms with Gasteiger partial charge in [0.15, 0.2) is 0 Å². The first-order valence-corrected chi connectivity index (χ1v) is 10.4. The van der Waals surface area contributed by atoms with Crippen LogP contribution in [0.15, 0.2) is 71.6 Å². The Morgan fingerprint density at radius 2 is 1.67 bits per heavy atom. The highest BCUT2D eigenvalue weighted by Gasteiger charge is 2.41. The first kappa shape index (κ1) is 19.8. The van der Waals surface area contributed by atoms with Gasteiger partial charge in [-0.1, -0.05) is 42.5 Å². The lowest BCUT2D eigenvalue weighted by Crippen LogP contribution is -2.29. The fourth-order valence-electron chi connectivity index (χ4n) is 3.46. The molecule has 1 aliphatic heterocycles. The number of halogens is 1. The quantitative estimate of drug-likeness (QED) is 0.597. The van der Waals surface area contributed by atoms with Crippen molar-refractivity contribution in [1.82, 2.24) is 4.31 Å². The van der Waals surface area contributed by atoms with Crippen LogP contribution in [0.2, 0.25) is 0 Å². The van der Waals surface area contributed by atoms with Gasteiger partial charge in [0, 0.05) is 0 Å². The first-order chi connectivity index (χ1) is 14.3. The van der Waals surface area contributed by atoms with E-state index in [4.69, 9.17) is 4.74 Å². The summed E-state index contributed by atoms with van der Waals surface area (Å²) in [5.74, 6) is -2.39. The lowest BCUT2D eigenvalue weighted by atomic mass is 9.96. The molecule has 8 heteroatoms. The van der Waals surface area contributed by atoms with Crippen LogP contribution in [0.1, 0.15) is 26.3 Å². The summed E-state index contributed by atoms with van der Waals surface area (Å²) in [6.45, 7) is -0.367. The zero-order valence-electron chi connectivity index (χ0n) is 15.8. The van der Waals surface area contributed by atoms with Crippen LogP contribution in [0.25, 0.3) is 11.1 Å². The highest BCUT2D eigenvalue weighted by molar-refractivity contribution is 7.90. The Kier molecular flexibility index (Phi) is 4.87. The second-order valence-corrected chi connectivity index (χ2v) is 8.50. The number of sulfonamides is 1. The van der Waals surface area contributed by atoms with E-state index < -0.39 is 27.7 Å². The fourth-order valence-corrected chi connectivity index (χ4v) is 5.02. The van der Waals surface area contributed by atoms with Gasteiger partial charge in [-0.25, -0.2) is 21.9 Å². The summed E-state index contributed by atoms with van der Waals surface area (Å²) in [6, 6.07) is 17.1. The van der Waals surface area contributed by atoms with E-state index in [0.29, 0.717) is 9.87 Å². The topological polar surface area (TPSA) is 80.8 Å². The van der Waals surface area contributed by atoms with E-state index in [0.717, 1.165) is 13.2 Å². The van der Waals surface area contributed by atoms with Crippen molar-refractivity contribution in [2.24, 2.45) is 0 Å². The molecule has 3 aromatic carbocycles. The molecule has 0 aliphatic carbocycles. The number of nitrogens with zero attached hydrogens (tertiary/aromatic N) is 1. The molecule has 0 spiro atoms. The second-order valence-electron chi connectivity index (χ2n) is 6.67. The maximum atomic E-state index is 14.9. The van der Waals surface area contributed by atoms with Gasteiger partial charge in [-0.15, -0.1) is 0 Å². The number of carbonyl (C=O) groups excluding carboxylic acids is 2. The predicted molar refractivity (Wildman–Crippen MR) is 107 cm³/mol. The average molecular weight is 425 g/mol. The van der Waals surface area contributed by atoms with Gasteiger partial charge in [-0.2, -0.15) is 0 Å². The van der Waals surface area contributed by atoms with Crippen molar-refractivity contribution in [3.63, 3.8) is 0 Å². The lowest BCUT2D eigenvalue weighted by molar-refractivity contribution is 0.0596. The molecule has 0 fully saturated rings. The Labute approximate surface area is 172 Å². The van der Waals surface area contributed by atoms with Gasteiger partial charge >= 0.3 is 5.97 Å². The van der Waals surface area contributed by atoms with Gasteiger partial charge in [0.05, 0.1) is 19.2 Å². The highest BCUT2D eigenvalue weighted by Crippen LogP contribution is 2.33. The van der Waals surface area contributed by atoms with Crippen LogP contribution in [0.5, 0.6) is 0 Å². The van der Waals surface area contributed by atoms with Crippen molar-refractivity contribution < 1.29 is 27.1 Å². The Balaban J connectivity index is 1.81. The standard InChI is InChI=1S/C22H16FNO5S/c1-29-22(26)20-17(15-7-3-2-4-8-15)11-14(12-18(20)23)13-24-21(25)16-9-5-6-10-19(16)30(24,27)28/h2-12H,13H2,1H3. The largest absolute Gasteiger partial charge is 0.465 e. The molecule has 1 amide bonds. The van der Waals surface area contributed by atoms with E-state index in [1.165, 1.54) is 24.3 Å². The van der Waals surface area contributed by atoms with E-state index in [1.807, 2.05) is 0 Å². The van der Waals surface area contributed by atoms with Crippen LogP contribution in [-0.2, 0) is 21.3 Å². The third kappa shape index (κ3) is 3.15. The van der Waals surface area contributed by atoms with E-state index in [-0.39, 0.29) is 33.7 Å². The Hall–Kier alpha value is -3.52. The molecule has 0 saturated carbocycles. The molecule has 0 radical (unpaired) electrons. The number of hydrogen-bond donors (Lipinski definition) is 0. The summed E-state index contributed by atoms with van der Waals surface area (Å²) >= 11 is 0. The van der Waals surface area contributed by atoms with Crippen LogP contribution in [0.4, 0.5) is 4.39 Å². The molecule has 0 atom stereocenters. The number of methoxy groups -OCH3 is 1. The van der Waals surface area contributed by atoms with Gasteiger partial charge in [-0.05, 0) is 41.0 Å². The zero-order chi connectivity index (χ0) is 21.5. The average Bonchev–Trinajstić information content (AvgIpc) is 2.94. The maximum Gasteiger partial charge on any atom is 0.341 e. The summed E-state index contributed by atoms with van der Waals surface area (Å²) in [7, 11) is -2.90. The molecular weight excluding hydrogens is 409 g/mol. The molecule has 6 nitrogen and oxygen atoms in total. The van der Waals surface area contributed by atoms with Crippen molar-refractivity contribution in [2.45, 2.75) is 11.4 Å². The number of ether oxygens (including phenoxy) is 1. The number of benzene rings is 3. The summed E-state index contributed by atoms with van der Waals surface area (Å²) in [5.41, 5.74) is 0.846. The van der Waals surface area contributed by atoms with E-state index in [9.17, 15) is 22.4 Å². The second kappa shape index (κ2) is 7.38. The Bertz CT molecular complexity index is 1270. The molecule has 0 N–H and O–H groups in total. The molecule has 0 saturated heterocycles. The first-order valence-electron chi connectivity index (χ1n) is 8.97. The van der Waals surface area contributed by atoms with Crippen molar-refractivity contribution in [2.75, 3.05) is 7.11 Å². The van der Waals surface area contributed by atoms with Crippen molar-refractivity contribution >= 4 is 21.9 Å². The Morgan fingerprint density at radius 3 is 2.33 bits per heavy atom. The Morgan fingerprint density at radius 1 is 1.00 bits per heavy atom. The molecule has 0 bridgehead atoms. The van der Waals surface area contributed by atoms with Crippen LogP contribution in [0, 0.1) is 5.82 Å². The van der Waals surface area contributed by atoms with Crippen molar-refractivity contribution in [3.8, 4) is 11.1 Å². The van der Waals surface area contributed by atoms with Crippen LogP contribution >= 0.6 is 0 Å². The summed E-state index contributed by atoms with van der Waals surface area (Å²) in [6.07, 6.45) is 0. The summed E-state index contributed by atoms with van der Waals surface area (Å²) < 4.78 is 45.9. The van der Waals surface area contributed by atoms with Gasteiger partial charge in [0.2, 0.25) is 0 Å². The zero-order valence-corrected chi connectivity index (χ0v) is 16.6.